The predicted octanol–water partition coefficient (Wildman–Crippen LogP) is 4.02. The second kappa shape index (κ2) is 10.1. The Morgan fingerprint density at radius 2 is 1.94 bits per heavy atom. The number of rotatable bonds is 7. The number of benzene rings is 1. The fourth-order valence-electron chi connectivity index (χ4n) is 4.56. The van der Waals surface area contributed by atoms with Gasteiger partial charge in [0.25, 0.3) is 0 Å². The van der Waals surface area contributed by atoms with Gasteiger partial charge in [0.1, 0.15) is 10.6 Å². The summed E-state index contributed by atoms with van der Waals surface area (Å²) in [6.07, 6.45) is 3.77. The Balaban J connectivity index is 1.66. The number of hydrogen-bond acceptors (Lipinski definition) is 8. The van der Waals surface area contributed by atoms with Crippen LogP contribution in [0.5, 0.6) is 0 Å². The number of ether oxygens (including phenoxy) is 1. The third-order valence-corrected chi connectivity index (χ3v) is 9.09. The molecule has 2 amide bonds. The van der Waals surface area contributed by atoms with E-state index in [-0.39, 0.29) is 12.6 Å². The number of hydrogen-bond donors (Lipinski definition) is 5. The SMILES string of the molecule is C[C@H]1COCCN1c1cc(C2(S(C)(O)O)CCC2)nc(-c2ccc(NC(=O)NC(C)(C)CO)cc2)n1. The van der Waals surface area contributed by atoms with Gasteiger partial charge in [-0.05, 0) is 64.3 Å². The zero-order chi connectivity index (χ0) is 26.1. The van der Waals surface area contributed by atoms with E-state index in [0.29, 0.717) is 49.8 Å². The van der Waals surface area contributed by atoms with Crippen molar-refractivity contribution in [2.45, 2.75) is 56.4 Å². The van der Waals surface area contributed by atoms with Gasteiger partial charge in [-0.15, -0.1) is 0 Å². The predicted molar refractivity (Wildman–Crippen MR) is 143 cm³/mol. The number of carbonyl (C=O) groups excluding carboxylic acids is 1. The molecule has 2 aliphatic rings. The standard InChI is InChI=1S/C25H37N5O5S/c1-17-15-35-13-12-30(17)21-14-20(25(10-5-11-25)36(4,33)34)27-22(28-21)18-6-8-19(9-7-18)26-23(32)29-24(2,3)16-31/h6-9,14,17,31,33-34H,5,10-13,15-16H2,1-4H3,(H2,26,29,32)/t17-/m0/s1. The van der Waals surface area contributed by atoms with Crippen molar-refractivity contribution in [3.8, 4) is 11.4 Å². The first-order valence-electron chi connectivity index (χ1n) is 12.2. The second-order valence-electron chi connectivity index (χ2n) is 10.4. The van der Waals surface area contributed by atoms with Crippen molar-refractivity contribution in [3.63, 3.8) is 0 Å². The second-order valence-corrected chi connectivity index (χ2v) is 12.9. The number of aliphatic hydroxyl groups excluding tert-OH is 1. The van der Waals surface area contributed by atoms with Gasteiger partial charge in [0.05, 0.1) is 37.1 Å². The number of carbonyl (C=O) groups is 1. The Kier molecular flexibility index (Phi) is 7.50. The molecule has 1 aromatic heterocycles. The molecule has 10 nitrogen and oxygen atoms in total. The molecule has 0 bridgehead atoms. The summed E-state index contributed by atoms with van der Waals surface area (Å²) in [7, 11) is -2.88. The molecule has 1 saturated carbocycles. The molecule has 198 valence electrons. The van der Waals surface area contributed by atoms with Crippen molar-refractivity contribution in [1.82, 2.24) is 15.3 Å². The number of nitrogens with one attached hydrogen (secondary N) is 2. The van der Waals surface area contributed by atoms with Crippen LogP contribution in [0.25, 0.3) is 11.4 Å². The minimum absolute atomic E-state index is 0.127. The fraction of sp³-hybridized carbons (Fsp3) is 0.560. The van der Waals surface area contributed by atoms with E-state index in [1.165, 1.54) is 6.26 Å². The maximum atomic E-state index is 12.3. The van der Waals surface area contributed by atoms with Crippen molar-refractivity contribution < 1.29 is 23.7 Å². The van der Waals surface area contributed by atoms with Gasteiger partial charge in [0.15, 0.2) is 5.82 Å². The Hall–Kier alpha value is -2.44. The molecule has 1 aromatic carbocycles. The molecule has 0 spiro atoms. The molecule has 1 aliphatic carbocycles. The Bertz CT molecular complexity index is 1090. The lowest BCUT2D eigenvalue weighted by molar-refractivity contribution is 0.0985. The van der Waals surface area contributed by atoms with E-state index in [2.05, 4.69) is 22.5 Å². The highest BCUT2D eigenvalue weighted by Crippen LogP contribution is 2.65. The van der Waals surface area contributed by atoms with E-state index >= 15 is 0 Å². The van der Waals surface area contributed by atoms with Crippen LogP contribution in [-0.4, -0.2) is 74.4 Å². The molecule has 1 saturated heterocycles. The number of aliphatic hydroxyl groups is 1. The molecule has 4 rings (SSSR count). The summed E-state index contributed by atoms with van der Waals surface area (Å²) < 4.78 is 26.3. The van der Waals surface area contributed by atoms with Gasteiger partial charge in [-0.3, -0.25) is 9.11 Å². The van der Waals surface area contributed by atoms with Gasteiger partial charge < -0.3 is 25.4 Å². The first-order chi connectivity index (χ1) is 16.9. The molecule has 36 heavy (non-hydrogen) atoms. The van der Waals surface area contributed by atoms with Gasteiger partial charge in [-0.1, -0.05) is 0 Å². The molecule has 2 fully saturated rings. The minimum atomic E-state index is -2.88. The van der Waals surface area contributed by atoms with Crippen LogP contribution in [0, 0.1) is 0 Å². The molecular weight excluding hydrogens is 482 g/mol. The highest BCUT2D eigenvalue weighted by molar-refractivity contribution is 8.24. The first-order valence-corrected chi connectivity index (χ1v) is 14.2. The number of nitrogens with zero attached hydrogens (tertiary/aromatic N) is 3. The summed E-state index contributed by atoms with van der Waals surface area (Å²) in [4.78, 5) is 24.1. The van der Waals surface area contributed by atoms with Gasteiger partial charge in [-0.2, -0.15) is 10.6 Å². The molecule has 5 N–H and O–H groups in total. The summed E-state index contributed by atoms with van der Waals surface area (Å²) in [6.45, 7) is 7.24. The molecule has 0 unspecified atom stereocenters. The highest BCUT2D eigenvalue weighted by atomic mass is 32.3. The Morgan fingerprint density at radius 1 is 1.25 bits per heavy atom. The summed E-state index contributed by atoms with van der Waals surface area (Å²) in [6, 6.07) is 8.81. The van der Waals surface area contributed by atoms with Crippen molar-refractivity contribution in [2.75, 3.05) is 42.8 Å². The van der Waals surface area contributed by atoms with E-state index in [1.807, 2.05) is 18.2 Å². The zero-order valence-electron chi connectivity index (χ0n) is 21.3. The lowest BCUT2D eigenvalue weighted by atomic mass is 9.81. The highest BCUT2D eigenvalue weighted by Gasteiger charge is 2.49. The van der Waals surface area contributed by atoms with Crippen LogP contribution in [0.4, 0.5) is 16.3 Å². The van der Waals surface area contributed by atoms with Gasteiger partial charge >= 0.3 is 6.03 Å². The van der Waals surface area contributed by atoms with Gasteiger partial charge in [0, 0.05) is 30.1 Å². The van der Waals surface area contributed by atoms with Crippen molar-refractivity contribution in [1.29, 1.82) is 0 Å². The number of amides is 2. The van der Waals surface area contributed by atoms with Gasteiger partial charge in [-0.25, -0.2) is 14.8 Å². The van der Waals surface area contributed by atoms with E-state index < -0.39 is 26.9 Å². The molecule has 1 atom stereocenters. The number of morpholine rings is 1. The van der Waals surface area contributed by atoms with Crippen molar-refractivity contribution >= 4 is 28.1 Å². The van der Waals surface area contributed by atoms with E-state index in [4.69, 9.17) is 14.7 Å². The fourth-order valence-corrected chi connectivity index (χ4v) is 6.13. The van der Waals surface area contributed by atoms with E-state index in [0.717, 1.165) is 17.8 Å². The van der Waals surface area contributed by atoms with Crippen LogP contribution in [0.2, 0.25) is 0 Å². The van der Waals surface area contributed by atoms with E-state index in [1.54, 1.807) is 26.0 Å². The lowest BCUT2D eigenvalue weighted by Crippen LogP contribution is -2.48. The Labute approximate surface area is 213 Å². The maximum absolute atomic E-state index is 12.3. The average Bonchev–Trinajstić information content (AvgIpc) is 2.77. The molecule has 2 aromatic rings. The minimum Gasteiger partial charge on any atom is -0.394 e. The largest absolute Gasteiger partial charge is 0.394 e. The molecular formula is C25H37N5O5S. The van der Waals surface area contributed by atoms with Crippen LogP contribution in [0.15, 0.2) is 30.3 Å². The van der Waals surface area contributed by atoms with Crippen LogP contribution in [-0.2, 0) is 9.48 Å². The third kappa shape index (κ3) is 5.45. The third-order valence-electron chi connectivity index (χ3n) is 6.99. The monoisotopic (exact) mass is 519 g/mol. The molecule has 1 aliphatic heterocycles. The van der Waals surface area contributed by atoms with Crippen molar-refractivity contribution in [2.24, 2.45) is 0 Å². The average molecular weight is 520 g/mol. The molecule has 2 heterocycles. The van der Waals surface area contributed by atoms with E-state index in [9.17, 15) is 19.0 Å². The van der Waals surface area contributed by atoms with Crippen molar-refractivity contribution in [3.05, 3.63) is 36.0 Å². The summed E-state index contributed by atoms with van der Waals surface area (Å²) in [5.41, 5.74) is 1.26. The maximum Gasteiger partial charge on any atom is 0.319 e. The molecule has 11 heteroatoms. The van der Waals surface area contributed by atoms with Crippen LogP contribution in [0.1, 0.15) is 45.7 Å². The summed E-state index contributed by atoms with van der Waals surface area (Å²) in [5.74, 6) is 1.24. The van der Waals surface area contributed by atoms with Crippen LogP contribution >= 0.6 is 10.6 Å². The van der Waals surface area contributed by atoms with Crippen LogP contribution in [0.3, 0.4) is 0 Å². The number of anilines is 2. The summed E-state index contributed by atoms with van der Waals surface area (Å²) >= 11 is 0. The van der Waals surface area contributed by atoms with Crippen LogP contribution < -0.4 is 15.5 Å². The zero-order valence-corrected chi connectivity index (χ0v) is 22.1. The lowest BCUT2D eigenvalue weighted by Gasteiger charge is -2.53. The Morgan fingerprint density at radius 3 is 2.50 bits per heavy atom. The normalized spacial score (nSPS) is 20.4. The quantitative estimate of drug-likeness (QED) is 0.370. The smallest absolute Gasteiger partial charge is 0.319 e. The molecule has 0 radical (unpaired) electrons. The first kappa shape index (κ1) is 26.6. The van der Waals surface area contributed by atoms with Gasteiger partial charge in [0.2, 0.25) is 0 Å². The summed E-state index contributed by atoms with van der Waals surface area (Å²) in [5, 5.41) is 14.8. The topological polar surface area (TPSA) is 140 Å². The number of urea groups is 1. The number of aromatic nitrogens is 2.